The van der Waals surface area contributed by atoms with Crippen molar-refractivity contribution in [2.24, 2.45) is 0 Å². The zero-order chi connectivity index (χ0) is 18.6. The van der Waals surface area contributed by atoms with Crippen LogP contribution in [0.25, 0.3) is 5.78 Å². The van der Waals surface area contributed by atoms with Gasteiger partial charge in [0, 0.05) is 39.5 Å². The molecule has 0 aliphatic carbocycles. The van der Waals surface area contributed by atoms with Gasteiger partial charge in [0.2, 0.25) is 11.0 Å². The van der Waals surface area contributed by atoms with Gasteiger partial charge in [-0.15, -0.1) is 20.4 Å². The molecule has 0 spiro atoms. The Morgan fingerprint density at radius 1 is 1.26 bits per heavy atom. The Hall–Kier alpha value is -2.70. The third-order valence-electron chi connectivity index (χ3n) is 4.23. The van der Waals surface area contributed by atoms with E-state index in [-0.39, 0.29) is 5.91 Å². The molecule has 1 N–H and O–H groups in total. The number of nitrogens with one attached hydrogen (secondary N) is 1. The minimum atomic E-state index is -0.0892. The van der Waals surface area contributed by atoms with E-state index in [0.29, 0.717) is 24.1 Å². The van der Waals surface area contributed by atoms with Crippen LogP contribution in [0.4, 0.5) is 10.9 Å². The first-order valence-electron chi connectivity index (χ1n) is 8.46. The number of carbonyl (C=O) groups excluding carboxylic acids is 1. The zero-order valence-corrected chi connectivity index (χ0v) is 15.6. The Balaban J connectivity index is 1.30. The van der Waals surface area contributed by atoms with Gasteiger partial charge in [-0.25, -0.2) is 4.98 Å². The highest BCUT2D eigenvalue weighted by atomic mass is 32.1. The molecule has 12 heteroatoms. The summed E-state index contributed by atoms with van der Waals surface area (Å²) in [6, 6.07) is 1.95. The second-order valence-corrected chi connectivity index (χ2v) is 7.11. The van der Waals surface area contributed by atoms with E-state index >= 15 is 0 Å². The Labute approximate surface area is 159 Å². The first kappa shape index (κ1) is 17.7. The number of piperazine rings is 1. The van der Waals surface area contributed by atoms with E-state index in [4.69, 9.17) is 4.74 Å². The molecular weight excluding hydrogens is 370 g/mol. The molecule has 3 aromatic rings. The van der Waals surface area contributed by atoms with Crippen molar-refractivity contribution in [3.63, 3.8) is 0 Å². The molecule has 1 fully saturated rings. The van der Waals surface area contributed by atoms with Gasteiger partial charge >= 0.3 is 0 Å². The Kier molecular flexibility index (Phi) is 5.18. The van der Waals surface area contributed by atoms with Crippen molar-refractivity contribution in [1.82, 2.24) is 34.7 Å². The van der Waals surface area contributed by atoms with Gasteiger partial charge in [-0.05, 0) is 6.07 Å². The van der Waals surface area contributed by atoms with Gasteiger partial charge in [0.15, 0.2) is 0 Å². The lowest BCUT2D eigenvalue weighted by atomic mass is 10.3. The number of amides is 1. The van der Waals surface area contributed by atoms with Gasteiger partial charge < -0.3 is 9.64 Å². The molecule has 0 radical (unpaired) electrons. The standard InChI is InChI=1S/C15H19N9O2S/c1-26-9-12-19-21-15(27-12)18-11(25)8-22-4-6-23(7-5-22)13-2-3-16-14-20-17-10-24(13)14/h2-3,10H,4-9H2,1H3,(H,18,21,25). The van der Waals surface area contributed by atoms with E-state index in [1.165, 1.54) is 11.3 Å². The number of carbonyl (C=O) groups is 1. The van der Waals surface area contributed by atoms with E-state index in [1.54, 1.807) is 19.6 Å². The third-order valence-corrected chi connectivity index (χ3v) is 5.05. The second kappa shape index (κ2) is 7.90. The fraction of sp³-hybridized carbons (Fsp3) is 0.467. The summed E-state index contributed by atoms with van der Waals surface area (Å²) in [5, 5.41) is 19.8. The monoisotopic (exact) mass is 389 g/mol. The number of methoxy groups -OCH3 is 1. The normalized spacial score (nSPS) is 15.4. The summed E-state index contributed by atoms with van der Waals surface area (Å²) in [5.41, 5.74) is 0. The lowest BCUT2D eigenvalue weighted by Crippen LogP contribution is -2.49. The molecule has 0 unspecified atom stereocenters. The lowest BCUT2D eigenvalue weighted by molar-refractivity contribution is -0.117. The Bertz CT molecular complexity index is 919. The van der Waals surface area contributed by atoms with Crippen molar-refractivity contribution >= 4 is 34.0 Å². The molecule has 11 nitrogen and oxygen atoms in total. The molecule has 0 saturated carbocycles. The topological polar surface area (TPSA) is 114 Å². The molecule has 1 saturated heterocycles. The first-order valence-corrected chi connectivity index (χ1v) is 9.28. The number of ether oxygens (including phenoxy) is 1. The summed E-state index contributed by atoms with van der Waals surface area (Å²) in [6.45, 7) is 3.90. The maximum absolute atomic E-state index is 12.3. The molecule has 0 aromatic carbocycles. The number of rotatable bonds is 6. The molecule has 0 atom stereocenters. The molecule has 1 amide bonds. The highest BCUT2D eigenvalue weighted by Crippen LogP contribution is 2.17. The van der Waals surface area contributed by atoms with Crippen molar-refractivity contribution in [2.75, 3.05) is 50.1 Å². The maximum Gasteiger partial charge on any atom is 0.256 e. The van der Waals surface area contributed by atoms with Crippen molar-refractivity contribution in [3.8, 4) is 0 Å². The van der Waals surface area contributed by atoms with Crippen LogP contribution >= 0.6 is 11.3 Å². The number of aromatic nitrogens is 6. The molecule has 1 aliphatic rings. The van der Waals surface area contributed by atoms with E-state index in [2.05, 4.69) is 40.5 Å². The van der Waals surface area contributed by atoms with Gasteiger partial charge in [-0.2, -0.15) is 0 Å². The Morgan fingerprint density at radius 3 is 2.93 bits per heavy atom. The fourth-order valence-corrected chi connectivity index (χ4v) is 3.70. The molecule has 1 aliphatic heterocycles. The molecule has 3 aromatic heterocycles. The summed E-state index contributed by atoms with van der Waals surface area (Å²) in [5.74, 6) is 1.50. The average molecular weight is 389 g/mol. The van der Waals surface area contributed by atoms with Crippen LogP contribution in [0.3, 0.4) is 0 Å². The van der Waals surface area contributed by atoms with Crippen molar-refractivity contribution in [3.05, 3.63) is 23.6 Å². The molecule has 4 rings (SSSR count). The van der Waals surface area contributed by atoms with Crippen LogP contribution in [0.2, 0.25) is 0 Å². The fourth-order valence-electron chi connectivity index (χ4n) is 2.97. The predicted octanol–water partition coefficient (Wildman–Crippen LogP) is -0.117. The van der Waals surface area contributed by atoms with E-state index in [9.17, 15) is 4.79 Å². The minimum Gasteiger partial charge on any atom is -0.377 e. The summed E-state index contributed by atoms with van der Waals surface area (Å²) in [4.78, 5) is 20.8. The van der Waals surface area contributed by atoms with Crippen LogP contribution in [-0.2, 0) is 16.1 Å². The number of fused-ring (bicyclic) bond motifs is 1. The quantitative estimate of drug-likeness (QED) is 0.616. The van der Waals surface area contributed by atoms with Gasteiger partial charge in [-0.3, -0.25) is 19.4 Å². The average Bonchev–Trinajstić information content (AvgIpc) is 3.32. The minimum absolute atomic E-state index is 0.0892. The van der Waals surface area contributed by atoms with Crippen LogP contribution < -0.4 is 10.2 Å². The van der Waals surface area contributed by atoms with Crippen LogP contribution in [0.1, 0.15) is 5.01 Å². The first-order chi connectivity index (χ1) is 13.2. The van der Waals surface area contributed by atoms with Gasteiger partial charge in [-0.1, -0.05) is 11.3 Å². The van der Waals surface area contributed by atoms with E-state index in [1.807, 2.05) is 10.5 Å². The Morgan fingerprint density at radius 2 is 2.11 bits per heavy atom. The number of hydrogen-bond acceptors (Lipinski definition) is 10. The SMILES string of the molecule is COCc1nnc(NC(=O)CN2CCN(c3ccnc4nncn34)CC2)s1. The summed E-state index contributed by atoms with van der Waals surface area (Å²) < 4.78 is 6.88. The maximum atomic E-state index is 12.3. The molecule has 0 bridgehead atoms. The van der Waals surface area contributed by atoms with Crippen molar-refractivity contribution in [1.29, 1.82) is 0 Å². The van der Waals surface area contributed by atoms with E-state index < -0.39 is 0 Å². The number of nitrogens with zero attached hydrogens (tertiary/aromatic N) is 8. The van der Waals surface area contributed by atoms with Gasteiger partial charge in [0.1, 0.15) is 23.8 Å². The van der Waals surface area contributed by atoms with Crippen molar-refractivity contribution < 1.29 is 9.53 Å². The smallest absolute Gasteiger partial charge is 0.256 e. The van der Waals surface area contributed by atoms with Gasteiger partial charge in [0.25, 0.3) is 5.78 Å². The summed E-state index contributed by atoms with van der Waals surface area (Å²) in [6.07, 6.45) is 3.40. The van der Waals surface area contributed by atoms with E-state index in [0.717, 1.165) is 37.0 Å². The molecule has 4 heterocycles. The van der Waals surface area contributed by atoms with Crippen LogP contribution in [0.5, 0.6) is 0 Å². The van der Waals surface area contributed by atoms with Crippen LogP contribution in [0.15, 0.2) is 18.6 Å². The second-order valence-electron chi connectivity index (χ2n) is 6.05. The van der Waals surface area contributed by atoms with Crippen molar-refractivity contribution in [2.45, 2.75) is 6.61 Å². The molecule has 27 heavy (non-hydrogen) atoms. The highest BCUT2D eigenvalue weighted by Gasteiger charge is 2.21. The number of hydrogen-bond donors (Lipinski definition) is 1. The highest BCUT2D eigenvalue weighted by molar-refractivity contribution is 7.15. The summed E-state index contributed by atoms with van der Waals surface area (Å²) >= 11 is 1.32. The molecule has 142 valence electrons. The van der Waals surface area contributed by atoms with Crippen LogP contribution in [-0.4, -0.2) is 80.4 Å². The number of anilines is 2. The predicted molar refractivity (Wildman–Crippen MR) is 98.7 cm³/mol. The molecular formula is C15H19N9O2S. The lowest BCUT2D eigenvalue weighted by Gasteiger charge is -2.35. The van der Waals surface area contributed by atoms with Crippen LogP contribution in [0, 0.1) is 0 Å². The van der Waals surface area contributed by atoms with Gasteiger partial charge in [0.05, 0.1) is 6.54 Å². The third kappa shape index (κ3) is 4.02. The largest absolute Gasteiger partial charge is 0.377 e. The zero-order valence-electron chi connectivity index (χ0n) is 14.8. The summed E-state index contributed by atoms with van der Waals surface area (Å²) in [7, 11) is 1.60.